The first-order chi connectivity index (χ1) is 12.1. The van der Waals surface area contributed by atoms with E-state index in [1.54, 1.807) is 17.8 Å². The average Bonchev–Trinajstić information content (AvgIpc) is 2.58. The standard InChI is InChI=1S/C18H17Cl2N3S2/c19-15-4-3-14(17(20)11-15)12-25-10-9-22-18(24)23-16-5-1-13(2-6-16)7-8-21/h1-6,11H,7,9-10,12H2,(H2,22,23,24). The number of hydrogen-bond acceptors (Lipinski definition) is 3. The first-order valence-corrected chi connectivity index (χ1v) is 9.93. The van der Waals surface area contributed by atoms with E-state index in [1.807, 2.05) is 36.4 Å². The van der Waals surface area contributed by atoms with Gasteiger partial charge >= 0.3 is 0 Å². The number of thioether (sulfide) groups is 1. The molecule has 2 aromatic carbocycles. The van der Waals surface area contributed by atoms with Crippen molar-refractivity contribution in [2.24, 2.45) is 0 Å². The van der Waals surface area contributed by atoms with E-state index in [9.17, 15) is 0 Å². The average molecular weight is 410 g/mol. The van der Waals surface area contributed by atoms with Crippen molar-refractivity contribution >= 4 is 58.0 Å². The highest BCUT2D eigenvalue weighted by Gasteiger charge is 2.02. The minimum Gasteiger partial charge on any atom is -0.362 e. The van der Waals surface area contributed by atoms with Crippen LogP contribution in [0.4, 0.5) is 5.69 Å². The van der Waals surface area contributed by atoms with Crippen LogP contribution in [0, 0.1) is 11.3 Å². The number of rotatable bonds is 7. The number of anilines is 1. The van der Waals surface area contributed by atoms with Crippen LogP contribution in [0.3, 0.4) is 0 Å². The van der Waals surface area contributed by atoms with Gasteiger partial charge in [-0.25, -0.2) is 0 Å². The summed E-state index contributed by atoms with van der Waals surface area (Å²) < 4.78 is 0. The van der Waals surface area contributed by atoms with E-state index in [2.05, 4.69) is 16.7 Å². The lowest BCUT2D eigenvalue weighted by Gasteiger charge is -2.11. The third-order valence-corrected chi connectivity index (χ3v) is 5.14. The van der Waals surface area contributed by atoms with Crippen molar-refractivity contribution in [3.05, 3.63) is 63.6 Å². The molecule has 2 rings (SSSR count). The molecule has 0 heterocycles. The smallest absolute Gasteiger partial charge is 0.170 e. The molecule has 0 spiro atoms. The number of nitrogens with zero attached hydrogens (tertiary/aromatic N) is 1. The Morgan fingerprint density at radius 3 is 2.60 bits per heavy atom. The molecule has 0 aliphatic heterocycles. The van der Waals surface area contributed by atoms with Gasteiger partial charge in [-0.3, -0.25) is 0 Å². The molecule has 0 fully saturated rings. The molecule has 0 amide bonds. The first-order valence-electron chi connectivity index (χ1n) is 7.61. The van der Waals surface area contributed by atoms with Gasteiger partial charge in [0.15, 0.2) is 5.11 Å². The Kier molecular flexibility index (Phi) is 8.36. The predicted molar refractivity (Wildman–Crippen MR) is 113 cm³/mol. The normalized spacial score (nSPS) is 10.1. The molecule has 0 atom stereocenters. The lowest BCUT2D eigenvalue weighted by molar-refractivity contribution is 0.990. The molecule has 0 radical (unpaired) electrons. The fourth-order valence-electron chi connectivity index (χ4n) is 2.03. The highest BCUT2D eigenvalue weighted by molar-refractivity contribution is 7.98. The maximum atomic E-state index is 8.66. The van der Waals surface area contributed by atoms with Crippen LogP contribution in [0.2, 0.25) is 10.0 Å². The van der Waals surface area contributed by atoms with Crippen LogP contribution in [-0.2, 0) is 12.2 Å². The van der Waals surface area contributed by atoms with Crippen molar-refractivity contribution in [2.45, 2.75) is 12.2 Å². The Morgan fingerprint density at radius 2 is 1.92 bits per heavy atom. The fourth-order valence-corrected chi connectivity index (χ4v) is 3.67. The third kappa shape index (κ3) is 7.13. The molecular weight excluding hydrogens is 393 g/mol. The Balaban J connectivity index is 1.66. The molecule has 0 aliphatic carbocycles. The fraction of sp³-hybridized carbons (Fsp3) is 0.222. The second kappa shape index (κ2) is 10.5. The lowest BCUT2D eigenvalue weighted by atomic mass is 10.1. The molecular formula is C18H17Cl2N3S2. The van der Waals surface area contributed by atoms with Crippen molar-refractivity contribution < 1.29 is 0 Å². The van der Waals surface area contributed by atoms with Gasteiger partial charge in [0.1, 0.15) is 0 Å². The zero-order valence-electron chi connectivity index (χ0n) is 13.4. The van der Waals surface area contributed by atoms with E-state index in [0.717, 1.165) is 34.9 Å². The van der Waals surface area contributed by atoms with E-state index < -0.39 is 0 Å². The molecule has 2 aromatic rings. The number of nitriles is 1. The molecule has 130 valence electrons. The summed E-state index contributed by atoms with van der Waals surface area (Å²) in [6.07, 6.45) is 0.415. The van der Waals surface area contributed by atoms with Crippen molar-refractivity contribution in [2.75, 3.05) is 17.6 Å². The minimum absolute atomic E-state index is 0.415. The molecule has 7 heteroatoms. The van der Waals surface area contributed by atoms with Crippen LogP contribution < -0.4 is 10.6 Å². The summed E-state index contributed by atoms with van der Waals surface area (Å²) in [6, 6.07) is 15.4. The molecule has 0 saturated heterocycles. The van der Waals surface area contributed by atoms with Crippen LogP contribution >= 0.6 is 47.2 Å². The van der Waals surface area contributed by atoms with Gasteiger partial charge in [-0.2, -0.15) is 17.0 Å². The van der Waals surface area contributed by atoms with Crippen molar-refractivity contribution in [3.8, 4) is 6.07 Å². The van der Waals surface area contributed by atoms with E-state index in [0.29, 0.717) is 21.6 Å². The van der Waals surface area contributed by atoms with Crippen LogP contribution in [0.5, 0.6) is 0 Å². The Bertz CT molecular complexity index is 758. The summed E-state index contributed by atoms with van der Waals surface area (Å²) in [4.78, 5) is 0. The quantitative estimate of drug-likeness (QED) is 0.481. The molecule has 0 aliphatic rings. The summed E-state index contributed by atoms with van der Waals surface area (Å²) in [6.45, 7) is 0.758. The molecule has 3 nitrogen and oxygen atoms in total. The molecule has 25 heavy (non-hydrogen) atoms. The van der Waals surface area contributed by atoms with E-state index in [4.69, 9.17) is 40.7 Å². The molecule has 2 N–H and O–H groups in total. The first kappa shape index (κ1) is 19.9. The van der Waals surface area contributed by atoms with Crippen LogP contribution in [-0.4, -0.2) is 17.4 Å². The van der Waals surface area contributed by atoms with Gasteiger partial charge in [0.05, 0.1) is 12.5 Å². The summed E-state index contributed by atoms with van der Waals surface area (Å²) in [5, 5.41) is 16.9. The van der Waals surface area contributed by atoms with Crippen molar-refractivity contribution in [1.29, 1.82) is 5.26 Å². The van der Waals surface area contributed by atoms with Gasteiger partial charge in [0, 0.05) is 33.8 Å². The van der Waals surface area contributed by atoms with Crippen LogP contribution in [0.1, 0.15) is 11.1 Å². The second-order valence-electron chi connectivity index (χ2n) is 5.20. The summed E-state index contributed by atoms with van der Waals surface area (Å²) in [7, 11) is 0. The number of halogens is 2. The van der Waals surface area contributed by atoms with Crippen LogP contribution in [0.15, 0.2) is 42.5 Å². The Morgan fingerprint density at radius 1 is 1.16 bits per heavy atom. The summed E-state index contributed by atoms with van der Waals surface area (Å²) in [5.41, 5.74) is 2.97. The van der Waals surface area contributed by atoms with Gasteiger partial charge in [-0.05, 0) is 47.6 Å². The van der Waals surface area contributed by atoms with Gasteiger partial charge in [-0.1, -0.05) is 41.4 Å². The third-order valence-electron chi connectivity index (χ3n) is 3.30. The van der Waals surface area contributed by atoms with Crippen LogP contribution in [0.25, 0.3) is 0 Å². The number of nitrogens with one attached hydrogen (secondary N) is 2. The second-order valence-corrected chi connectivity index (χ2v) is 7.56. The highest BCUT2D eigenvalue weighted by Crippen LogP contribution is 2.24. The Labute approximate surface area is 167 Å². The molecule has 0 bridgehead atoms. The molecule has 0 unspecified atom stereocenters. The van der Waals surface area contributed by atoms with Gasteiger partial charge < -0.3 is 10.6 Å². The number of hydrogen-bond donors (Lipinski definition) is 2. The SMILES string of the molecule is N#CCc1ccc(NC(=S)NCCSCc2ccc(Cl)cc2Cl)cc1. The molecule has 0 aromatic heterocycles. The Hall–Kier alpha value is -1.45. The van der Waals surface area contributed by atoms with E-state index in [-0.39, 0.29) is 0 Å². The highest BCUT2D eigenvalue weighted by atomic mass is 35.5. The van der Waals surface area contributed by atoms with Gasteiger partial charge in [-0.15, -0.1) is 0 Å². The molecule has 0 saturated carbocycles. The predicted octanol–water partition coefficient (Wildman–Crippen LogP) is 5.28. The largest absolute Gasteiger partial charge is 0.362 e. The monoisotopic (exact) mass is 409 g/mol. The zero-order chi connectivity index (χ0) is 18.1. The number of benzene rings is 2. The van der Waals surface area contributed by atoms with Crippen molar-refractivity contribution in [3.63, 3.8) is 0 Å². The zero-order valence-corrected chi connectivity index (χ0v) is 16.5. The minimum atomic E-state index is 0.415. The summed E-state index contributed by atoms with van der Waals surface area (Å²) in [5.74, 6) is 1.74. The van der Waals surface area contributed by atoms with E-state index >= 15 is 0 Å². The van der Waals surface area contributed by atoms with Gasteiger partial charge in [0.2, 0.25) is 0 Å². The maximum Gasteiger partial charge on any atom is 0.170 e. The van der Waals surface area contributed by atoms with Crippen molar-refractivity contribution in [1.82, 2.24) is 5.32 Å². The number of thiocarbonyl (C=S) groups is 1. The topological polar surface area (TPSA) is 47.9 Å². The maximum absolute atomic E-state index is 8.66. The van der Waals surface area contributed by atoms with E-state index in [1.165, 1.54) is 0 Å². The lowest BCUT2D eigenvalue weighted by Crippen LogP contribution is -2.30. The van der Waals surface area contributed by atoms with Gasteiger partial charge in [0.25, 0.3) is 0 Å². The summed E-state index contributed by atoms with van der Waals surface area (Å²) >= 11 is 19.1.